The molecule has 0 amide bonds. The highest BCUT2D eigenvalue weighted by Crippen LogP contribution is 2.18. The van der Waals surface area contributed by atoms with E-state index in [0.29, 0.717) is 5.65 Å². The summed E-state index contributed by atoms with van der Waals surface area (Å²) in [7, 11) is 0. The van der Waals surface area contributed by atoms with E-state index >= 15 is 0 Å². The van der Waals surface area contributed by atoms with Gasteiger partial charge in [-0.05, 0) is 34.7 Å². The van der Waals surface area contributed by atoms with Crippen LogP contribution in [0.4, 0.5) is 5.69 Å². The highest BCUT2D eigenvalue weighted by molar-refractivity contribution is 5.95. The third kappa shape index (κ3) is 2.04. The molecule has 0 bridgehead atoms. The number of nitrogens with zero attached hydrogens (tertiary/aromatic N) is 5. The van der Waals surface area contributed by atoms with Gasteiger partial charge in [-0.3, -0.25) is 4.99 Å². The number of para-hydroxylation sites is 2. The molecular weight excluding hydrogens is 262 g/mol. The van der Waals surface area contributed by atoms with Crippen molar-refractivity contribution < 1.29 is 0 Å². The number of aromatic nitrogens is 4. The molecule has 0 aliphatic carbocycles. The van der Waals surface area contributed by atoms with Crippen LogP contribution in [0.15, 0.2) is 65.7 Å². The first-order chi connectivity index (χ1) is 10.4. The summed E-state index contributed by atoms with van der Waals surface area (Å²) in [5.41, 5.74) is 3.47. The minimum Gasteiger partial charge on any atom is -0.256 e. The Kier molecular flexibility index (Phi) is 2.67. The highest BCUT2D eigenvalue weighted by atomic mass is 15.5. The summed E-state index contributed by atoms with van der Waals surface area (Å²) in [4.78, 5) is 4.48. The first-order valence-electron chi connectivity index (χ1n) is 6.61. The van der Waals surface area contributed by atoms with Crippen molar-refractivity contribution in [2.45, 2.75) is 0 Å². The van der Waals surface area contributed by atoms with E-state index in [2.05, 4.69) is 20.5 Å². The summed E-state index contributed by atoms with van der Waals surface area (Å²) in [5.74, 6) is 0. The predicted octanol–water partition coefficient (Wildman–Crippen LogP) is 3.03. The van der Waals surface area contributed by atoms with Crippen LogP contribution < -0.4 is 0 Å². The Morgan fingerprint density at radius 2 is 1.76 bits per heavy atom. The number of fused-ring (bicyclic) bond motifs is 3. The van der Waals surface area contributed by atoms with Crippen molar-refractivity contribution in [3.05, 3.63) is 66.2 Å². The number of tetrazole rings is 1. The molecule has 2 aromatic heterocycles. The summed E-state index contributed by atoms with van der Waals surface area (Å²) in [6.07, 6.45) is 1.80. The topological polar surface area (TPSA) is 55.4 Å². The fraction of sp³-hybridized carbons (Fsp3) is 0. The third-order valence-electron chi connectivity index (χ3n) is 3.31. The second kappa shape index (κ2) is 4.79. The van der Waals surface area contributed by atoms with Crippen LogP contribution in [0, 0.1) is 0 Å². The molecule has 0 saturated heterocycles. The van der Waals surface area contributed by atoms with Crippen LogP contribution in [-0.4, -0.2) is 26.3 Å². The molecule has 21 heavy (non-hydrogen) atoms. The molecule has 0 spiro atoms. The molecule has 0 aliphatic rings. The highest BCUT2D eigenvalue weighted by Gasteiger charge is 2.07. The summed E-state index contributed by atoms with van der Waals surface area (Å²) in [6.45, 7) is 0. The van der Waals surface area contributed by atoms with E-state index < -0.39 is 0 Å². The van der Waals surface area contributed by atoms with Gasteiger partial charge in [0.1, 0.15) is 0 Å². The standard InChI is InChI=1S/C16H11N5/c1-2-7-14(8-3-1)17-11-13-10-12-6-4-5-9-15(12)21-16(13)18-19-20-21/h1-11H. The maximum absolute atomic E-state index is 4.48. The van der Waals surface area contributed by atoms with Gasteiger partial charge in [0.2, 0.25) is 0 Å². The number of benzene rings is 2. The average molecular weight is 273 g/mol. The quantitative estimate of drug-likeness (QED) is 0.527. The van der Waals surface area contributed by atoms with E-state index in [1.807, 2.05) is 60.7 Å². The zero-order chi connectivity index (χ0) is 14.1. The molecule has 0 radical (unpaired) electrons. The van der Waals surface area contributed by atoms with E-state index in [4.69, 9.17) is 0 Å². The lowest BCUT2D eigenvalue weighted by Crippen LogP contribution is -1.95. The average Bonchev–Trinajstić information content (AvgIpc) is 3.04. The van der Waals surface area contributed by atoms with Crippen LogP contribution in [0.25, 0.3) is 16.6 Å². The summed E-state index contributed by atoms with van der Waals surface area (Å²) in [6, 6.07) is 19.9. The fourth-order valence-electron chi connectivity index (χ4n) is 2.32. The number of hydrogen-bond donors (Lipinski definition) is 0. The molecule has 0 N–H and O–H groups in total. The fourth-order valence-corrected chi connectivity index (χ4v) is 2.32. The molecule has 0 saturated carbocycles. The van der Waals surface area contributed by atoms with Crippen LogP contribution in [0.3, 0.4) is 0 Å². The van der Waals surface area contributed by atoms with Crippen molar-refractivity contribution in [2.75, 3.05) is 0 Å². The van der Waals surface area contributed by atoms with Crippen molar-refractivity contribution in [1.29, 1.82) is 0 Å². The van der Waals surface area contributed by atoms with Gasteiger partial charge in [-0.1, -0.05) is 36.4 Å². The van der Waals surface area contributed by atoms with Gasteiger partial charge in [0.05, 0.1) is 11.2 Å². The second-order valence-corrected chi connectivity index (χ2v) is 4.67. The molecular formula is C16H11N5. The maximum Gasteiger partial charge on any atom is 0.188 e. The molecule has 4 aromatic rings. The SMILES string of the molecule is C(=Nc1ccccc1)c1cc2ccccc2n2nnnc12. The number of pyridine rings is 1. The van der Waals surface area contributed by atoms with Crippen molar-refractivity contribution in [2.24, 2.45) is 4.99 Å². The van der Waals surface area contributed by atoms with Gasteiger partial charge in [-0.2, -0.15) is 4.52 Å². The minimum atomic E-state index is 0.702. The first-order valence-corrected chi connectivity index (χ1v) is 6.61. The normalized spacial score (nSPS) is 11.6. The number of rotatable bonds is 2. The molecule has 0 atom stereocenters. The Morgan fingerprint density at radius 1 is 0.952 bits per heavy atom. The summed E-state index contributed by atoms with van der Waals surface area (Å²) >= 11 is 0. The first kappa shape index (κ1) is 11.7. The van der Waals surface area contributed by atoms with Gasteiger partial charge >= 0.3 is 0 Å². The molecule has 0 aliphatic heterocycles. The van der Waals surface area contributed by atoms with Crippen molar-refractivity contribution >= 4 is 28.5 Å². The predicted molar refractivity (Wildman–Crippen MR) is 82.0 cm³/mol. The smallest absolute Gasteiger partial charge is 0.188 e. The zero-order valence-corrected chi connectivity index (χ0v) is 11.1. The Balaban J connectivity index is 1.91. The van der Waals surface area contributed by atoms with Gasteiger partial charge in [0.25, 0.3) is 0 Å². The van der Waals surface area contributed by atoms with Crippen LogP contribution in [0.1, 0.15) is 5.56 Å². The van der Waals surface area contributed by atoms with Gasteiger partial charge in [0, 0.05) is 17.2 Å². The van der Waals surface area contributed by atoms with Crippen LogP contribution in [0.2, 0.25) is 0 Å². The van der Waals surface area contributed by atoms with Gasteiger partial charge in [-0.15, -0.1) is 5.10 Å². The van der Waals surface area contributed by atoms with Gasteiger partial charge in [0.15, 0.2) is 5.65 Å². The van der Waals surface area contributed by atoms with Crippen molar-refractivity contribution in [1.82, 2.24) is 20.0 Å². The molecule has 4 rings (SSSR count). The van der Waals surface area contributed by atoms with Crippen molar-refractivity contribution in [3.63, 3.8) is 0 Å². The molecule has 2 aromatic carbocycles. The Bertz CT molecular complexity index is 941. The lowest BCUT2D eigenvalue weighted by atomic mass is 10.1. The molecule has 5 heteroatoms. The molecule has 0 unspecified atom stereocenters. The molecule has 2 heterocycles. The lowest BCUT2D eigenvalue weighted by molar-refractivity contribution is 0.841. The molecule has 0 fully saturated rings. The summed E-state index contributed by atoms with van der Waals surface area (Å²) in [5, 5.41) is 13.0. The van der Waals surface area contributed by atoms with Crippen LogP contribution in [0.5, 0.6) is 0 Å². The van der Waals surface area contributed by atoms with E-state index in [0.717, 1.165) is 22.2 Å². The second-order valence-electron chi connectivity index (χ2n) is 4.67. The number of aliphatic imine (C=N–C) groups is 1. The number of hydrogen-bond acceptors (Lipinski definition) is 4. The summed E-state index contributed by atoms with van der Waals surface area (Å²) < 4.78 is 1.74. The van der Waals surface area contributed by atoms with Gasteiger partial charge in [-0.25, -0.2) is 0 Å². The van der Waals surface area contributed by atoms with Crippen LogP contribution >= 0.6 is 0 Å². The molecule has 5 nitrogen and oxygen atoms in total. The van der Waals surface area contributed by atoms with Crippen LogP contribution in [-0.2, 0) is 0 Å². The maximum atomic E-state index is 4.48. The van der Waals surface area contributed by atoms with E-state index in [-0.39, 0.29) is 0 Å². The monoisotopic (exact) mass is 273 g/mol. The van der Waals surface area contributed by atoms with Gasteiger partial charge < -0.3 is 0 Å². The van der Waals surface area contributed by atoms with Crippen molar-refractivity contribution in [3.8, 4) is 0 Å². The Morgan fingerprint density at radius 3 is 2.67 bits per heavy atom. The lowest BCUT2D eigenvalue weighted by Gasteiger charge is -2.02. The van der Waals surface area contributed by atoms with E-state index in [1.54, 1.807) is 10.7 Å². The van der Waals surface area contributed by atoms with E-state index in [9.17, 15) is 0 Å². The Hall–Kier alpha value is -3.08. The zero-order valence-electron chi connectivity index (χ0n) is 11.1. The largest absolute Gasteiger partial charge is 0.256 e. The third-order valence-corrected chi connectivity index (χ3v) is 3.31. The molecule has 100 valence electrons. The van der Waals surface area contributed by atoms with E-state index in [1.165, 1.54) is 0 Å². The Labute approximate surface area is 120 Å². The minimum absolute atomic E-state index is 0.702.